The molecular weight excluding hydrogens is 537 g/mol. The predicted octanol–water partition coefficient (Wildman–Crippen LogP) is 11.7. The van der Waals surface area contributed by atoms with Gasteiger partial charge in [0.15, 0.2) is 0 Å². The highest BCUT2D eigenvalue weighted by Crippen LogP contribution is 2.54. The Hall–Kier alpha value is -4.46. The smallest absolute Gasteiger partial charge is 0.0433 e. The lowest BCUT2D eigenvalue weighted by molar-refractivity contribution is 0.667. The van der Waals surface area contributed by atoms with Gasteiger partial charge in [0.2, 0.25) is 0 Å². The Morgan fingerprint density at radius 3 is 2.16 bits per heavy atom. The van der Waals surface area contributed by atoms with Crippen LogP contribution in [0.25, 0.3) is 42.4 Å². The van der Waals surface area contributed by atoms with Gasteiger partial charge in [0, 0.05) is 31.5 Å². The lowest BCUT2D eigenvalue weighted by Crippen LogP contribution is -2.15. The highest BCUT2D eigenvalue weighted by Gasteiger charge is 2.37. The van der Waals surface area contributed by atoms with Gasteiger partial charge in [-0.05, 0) is 75.0 Å². The second-order valence-electron chi connectivity index (χ2n) is 12.5. The lowest BCUT2D eigenvalue weighted by atomic mass is 9.80. The molecule has 0 bridgehead atoms. The molecule has 1 heteroatoms. The Kier molecular flexibility index (Phi) is 6.13. The van der Waals surface area contributed by atoms with Gasteiger partial charge < -0.3 is 0 Å². The van der Waals surface area contributed by atoms with Crippen LogP contribution >= 0.6 is 11.3 Å². The minimum Gasteiger partial charge on any atom is -0.135 e. The molecule has 1 heterocycles. The number of hydrogen-bond donors (Lipinski definition) is 0. The molecule has 1 aliphatic rings. The van der Waals surface area contributed by atoms with Crippen LogP contribution < -0.4 is 0 Å². The highest BCUT2D eigenvalue weighted by atomic mass is 32.1. The first kappa shape index (κ1) is 26.2. The van der Waals surface area contributed by atoms with Gasteiger partial charge in [0.25, 0.3) is 0 Å². The molecule has 0 saturated heterocycles. The molecule has 0 amide bonds. The molecule has 0 N–H and O–H groups in total. The summed E-state index contributed by atoms with van der Waals surface area (Å²) in [5, 5.41) is 2.81. The number of rotatable bonds is 5. The summed E-state index contributed by atoms with van der Waals surface area (Å²) >= 11 is 1.94. The van der Waals surface area contributed by atoms with Gasteiger partial charge in [-0.25, -0.2) is 0 Å². The van der Waals surface area contributed by atoms with Gasteiger partial charge in [-0.3, -0.25) is 0 Å². The fourth-order valence-corrected chi connectivity index (χ4v) is 8.76. The quantitative estimate of drug-likeness (QED) is 0.193. The SMILES string of the molecule is Cc1ccccc1C(Cc1ccc(-c2cccc3c2sc2ccc4c(c23)C(C)(C)c2ccccc2-4)cc1)c1ccccc1. The van der Waals surface area contributed by atoms with E-state index in [-0.39, 0.29) is 5.41 Å². The van der Waals surface area contributed by atoms with Crippen molar-refractivity contribution in [3.8, 4) is 22.3 Å². The molecule has 0 saturated carbocycles. The molecule has 0 spiro atoms. The Morgan fingerprint density at radius 2 is 1.35 bits per heavy atom. The summed E-state index contributed by atoms with van der Waals surface area (Å²) in [7, 11) is 0. The van der Waals surface area contributed by atoms with Crippen LogP contribution in [0.4, 0.5) is 0 Å². The third kappa shape index (κ3) is 4.18. The Morgan fingerprint density at radius 1 is 0.628 bits per heavy atom. The first-order valence-electron chi connectivity index (χ1n) is 15.3. The van der Waals surface area contributed by atoms with E-state index >= 15 is 0 Å². The number of benzene rings is 6. The summed E-state index contributed by atoms with van der Waals surface area (Å²) in [6, 6.07) is 49.7. The third-order valence-corrected chi connectivity index (χ3v) is 10.9. The summed E-state index contributed by atoms with van der Waals surface area (Å²) in [4.78, 5) is 0. The maximum atomic E-state index is 2.39. The molecule has 0 nitrogen and oxygen atoms in total. The maximum absolute atomic E-state index is 2.39. The van der Waals surface area contributed by atoms with Crippen molar-refractivity contribution in [1.29, 1.82) is 0 Å². The van der Waals surface area contributed by atoms with E-state index in [9.17, 15) is 0 Å². The molecule has 0 aliphatic heterocycles. The first-order valence-corrected chi connectivity index (χ1v) is 16.1. The molecular formula is C42H34S. The fraction of sp³-hybridized carbons (Fsp3) is 0.143. The van der Waals surface area contributed by atoms with E-state index < -0.39 is 0 Å². The monoisotopic (exact) mass is 570 g/mol. The van der Waals surface area contributed by atoms with Gasteiger partial charge in [0.1, 0.15) is 0 Å². The fourth-order valence-electron chi connectivity index (χ4n) is 7.51. The minimum absolute atomic E-state index is 0.0243. The predicted molar refractivity (Wildman–Crippen MR) is 185 cm³/mol. The normalized spacial score (nSPS) is 14.1. The van der Waals surface area contributed by atoms with Crippen LogP contribution in [0.5, 0.6) is 0 Å². The van der Waals surface area contributed by atoms with Crippen molar-refractivity contribution in [3.05, 3.63) is 167 Å². The highest BCUT2D eigenvalue weighted by molar-refractivity contribution is 7.26. The summed E-state index contributed by atoms with van der Waals surface area (Å²) in [6.45, 7) is 7.01. The van der Waals surface area contributed by atoms with Crippen molar-refractivity contribution in [3.63, 3.8) is 0 Å². The van der Waals surface area contributed by atoms with Gasteiger partial charge in [-0.1, -0.05) is 141 Å². The minimum atomic E-state index is -0.0243. The standard InChI is InChI=1S/C42H34S/c1-27-12-7-8-15-31(27)36(29-13-5-4-6-14-29)26-28-20-22-30(23-21-28)32-17-11-18-35-39-38(43-41(32)35)25-24-34-33-16-9-10-19-37(33)42(2,3)40(34)39/h4-25,36H,26H2,1-3H3. The summed E-state index contributed by atoms with van der Waals surface area (Å²) in [6.07, 6.45) is 0.976. The van der Waals surface area contributed by atoms with Crippen molar-refractivity contribution in [2.24, 2.45) is 0 Å². The molecule has 0 fully saturated rings. The van der Waals surface area contributed by atoms with Crippen LogP contribution in [0.2, 0.25) is 0 Å². The van der Waals surface area contributed by atoms with E-state index in [0.29, 0.717) is 5.92 Å². The van der Waals surface area contributed by atoms with Crippen molar-refractivity contribution >= 4 is 31.5 Å². The second kappa shape index (κ2) is 10.1. The Labute approximate surface area is 258 Å². The van der Waals surface area contributed by atoms with E-state index in [1.54, 1.807) is 0 Å². The van der Waals surface area contributed by atoms with Crippen molar-refractivity contribution in [1.82, 2.24) is 0 Å². The zero-order valence-electron chi connectivity index (χ0n) is 24.9. The molecule has 208 valence electrons. The zero-order valence-corrected chi connectivity index (χ0v) is 25.7. The van der Waals surface area contributed by atoms with Crippen LogP contribution in [0, 0.1) is 6.92 Å². The van der Waals surface area contributed by atoms with E-state index in [0.717, 1.165) is 6.42 Å². The second-order valence-corrected chi connectivity index (χ2v) is 13.6. The molecule has 1 aliphatic carbocycles. The van der Waals surface area contributed by atoms with Crippen molar-refractivity contribution in [2.45, 2.75) is 38.5 Å². The Bertz CT molecular complexity index is 2130. The van der Waals surface area contributed by atoms with Crippen LogP contribution in [0.1, 0.15) is 53.1 Å². The Balaban J connectivity index is 1.20. The zero-order chi connectivity index (χ0) is 29.1. The molecule has 6 aromatic carbocycles. The van der Waals surface area contributed by atoms with E-state index in [1.807, 2.05) is 11.3 Å². The number of thiophene rings is 1. The number of hydrogen-bond acceptors (Lipinski definition) is 1. The molecule has 1 atom stereocenters. The van der Waals surface area contributed by atoms with Crippen LogP contribution in [-0.4, -0.2) is 0 Å². The summed E-state index contributed by atoms with van der Waals surface area (Å²) < 4.78 is 2.76. The van der Waals surface area contributed by atoms with E-state index in [2.05, 4.69) is 154 Å². The van der Waals surface area contributed by atoms with Crippen molar-refractivity contribution < 1.29 is 0 Å². The maximum Gasteiger partial charge on any atom is 0.0433 e. The largest absolute Gasteiger partial charge is 0.135 e. The van der Waals surface area contributed by atoms with E-state index in [4.69, 9.17) is 0 Å². The molecule has 0 radical (unpaired) electrons. The molecule has 8 rings (SSSR count). The van der Waals surface area contributed by atoms with Crippen LogP contribution in [0.15, 0.2) is 133 Å². The van der Waals surface area contributed by atoms with Gasteiger partial charge >= 0.3 is 0 Å². The summed E-state index contributed by atoms with van der Waals surface area (Å²) in [5.74, 6) is 0.328. The molecule has 1 aromatic heterocycles. The molecule has 1 unspecified atom stereocenters. The first-order chi connectivity index (χ1) is 21.0. The average Bonchev–Trinajstić information content (AvgIpc) is 3.53. The van der Waals surface area contributed by atoms with Crippen LogP contribution in [-0.2, 0) is 11.8 Å². The van der Waals surface area contributed by atoms with Crippen molar-refractivity contribution in [2.75, 3.05) is 0 Å². The number of fused-ring (bicyclic) bond motifs is 7. The van der Waals surface area contributed by atoms with Gasteiger partial charge in [0.05, 0.1) is 0 Å². The number of aryl methyl sites for hydroxylation is 1. The lowest BCUT2D eigenvalue weighted by Gasteiger charge is -2.22. The molecule has 7 aromatic rings. The van der Waals surface area contributed by atoms with Gasteiger partial charge in [-0.2, -0.15) is 0 Å². The third-order valence-electron chi connectivity index (χ3n) is 9.65. The van der Waals surface area contributed by atoms with Crippen LogP contribution in [0.3, 0.4) is 0 Å². The van der Waals surface area contributed by atoms with E-state index in [1.165, 1.54) is 75.8 Å². The van der Waals surface area contributed by atoms with Gasteiger partial charge in [-0.15, -0.1) is 11.3 Å². The average molecular weight is 571 g/mol. The summed E-state index contributed by atoms with van der Waals surface area (Å²) in [5.41, 5.74) is 13.8. The topological polar surface area (TPSA) is 0 Å². The molecule has 43 heavy (non-hydrogen) atoms.